The minimum atomic E-state index is -1.27. The molecule has 3 aromatic rings. The number of anilines is 1. The van der Waals surface area contributed by atoms with Gasteiger partial charge in [-0.2, -0.15) is 4.98 Å². The van der Waals surface area contributed by atoms with Crippen molar-refractivity contribution in [2.24, 2.45) is 0 Å². The Balaban J connectivity index is 1.92. The molecule has 0 unspecified atom stereocenters. The third-order valence-electron chi connectivity index (χ3n) is 5.39. The van der Waals surface area contributed by atoms with Crippen LogP contribution >= 0.6 is 11.8 Å². The van der Waals surface area contributed by atoms with Gasteiger partial charge in [0.1, 0.15) is 0 Å². The number of carbonyl (C=O) groups excluding carboxylic acids is 1. The standard InChI is InChI=1S/C24H24F2N4O2S/c1-4-6-12-33-24-27-22-21(28-29-24)17-13-15(5-2)10-11-19(17)30(14(3)31)23(32-22)16-8-7-9-18(25)20(16)26/h7-11,13,23H,4-6,12H2,1-3H3/t23-/m1/s1. The first-order valence-corrected chi connectivity index (χ1v) is 11.8. The van der Waals surface area contributed by atoms with Crippen LogP contribution in [-0.2, 0) is 11.2 Å². The molecule has 0 radical (unpaired) electrons. The van der Waals surface area contributed by atoms with Crippen molar-refractivity contribution in [3.05, 3.63) is 59.2 Å². The lowest BCUT2D eigenvalue weighted by Gasteiger charge is -2.30. The normalized spacial score (nSPS) is 14.8. The molecule has 2 aromatic carbocycles. The van der Waals surface area contributed by atoms with Gasteiger partial charge in [0.2, 0.25) is 23.2 Å². The third kappa shape index (κ3) is 4.55. The number of ether oxygens (including phenoxy) is 1. The minimum absolute atomic E-state index is 0.109. The number of fused-ring (bicyclic) bond motifs is 3. The second-order valence-electron chi connectivity index (χ2n) is 7.66. The van der Waals surface area contributed by atoms with Crippen molar-refractivity contribution in [1.82, 2.24) is 15.2 Å². The lowest BCUT2D eigenvalue weighted by molar-refractivity contribution is -0.118. The smallest absolute Gasteiger partial charge is 0.247 e. The van der Waals surface area contributed by atoms with Crippen molar-refractivity contribution in [3.63, 3.8) is 0 Å². The fraction of sp³-hybridized carbons (Fsp3) is 0.333. The highest BCUT2D eigenvalue weighted by Crippen LogP contribution is 2.44. The van der Waals surface area contributed by atoms with Crippen molar-refractivity contribution >= 4 is 23.4 Å². The molecule has 0 fully saturated rings. The Kier molecular flexibility index (Phi) is 6.88. The van der Waals surface area contributed by atoms with Gasteiger partial charge >= 0.3 is 0 Å². The predicted molar refractivity (Wildman–Crippen MR) is 123 cm³/mol. The molecule has 0 N–H and O–H groups in total. The molecular weight excluding hydrogens is 446 g/mol. The highest BCUT2D eigenvalue weighted by molar-refractivity contribution is 7.99. The Bertz CT molecular complexity index is 1190. The summed E-state index contributed by atoms with van der Waals surface area (Å²) in [5, 5.41) is 9.04. The van der Waals surface area contributed by atoms with Gasteiger partial charge in [-0.25, -0.2) is 8.78 Å². The van der Waals surface area contributed by atoms with E-state index < -0.39 is 23.8 Å². The van der Waals surface area contributed by atoms with E-state index in [1.165, 1.54) is 35.7 Å². The van der Waals surface area contributed by atoms with Crippen LogP contribution in [0, 0.1) is 11.6 Å². The molecule has 1 amide bonds. The Morgan fingerprint density at radius 3 is 2.73 bits per heavy atom. The van der Waals surface area contributed by atoms with Crippen molar-refractivity contribution < 1.29 is 18.3 Å². The molecule has 4 rings (SSSR count). The van der Waals surface area contributed by atoms with E-state index in [4.69, 9.17) is 4.74 Å². The molecule has 1 aliphatic rings. The summed E-state index contributed by atoms with van der Waals surface area (Å²) in [6.45, 7) is 5.46. The summed E-state index contributed by atoms with van der Waals surface area (Å²) < 4.78 is 35.1. The quantitative estimate of drug-likeness (QED) is 0.339. The summed E-state index contributed by atoms with van der Waals surface area (Å²) >= 11 is 1.44. The molecule has 0 saturated heterocycles. The second-order valence-corrected chi connectivity index (χ2v) is 8.72. The number of benzene rings is 2. The maximum absolute atomic E-state index is 14.9. The minimum Gasteiger partial charge on any atom is -0.447 e. The number of nitrogens with zero attached hydrogens (tertiary/aromatic N) is 4. The zero-order chi connectivity index (χ0) is 23.5. The Morgan fingerprint density at radius 1 is 1.18 bits per heavy atom. The third-order valence-corrected chi connectivity index (χ3v) is 6.32. The molecule has 0 saturated carbocycles. The van der Waals surface area contributed by atoms with Crippen LogP contribution in [0.3, 0.4) is 0 Å². The van der Waals surface area contributed by atoms with Gasteiger partial charge in [-0.05, 0) is 36.6 Å². The first-order chi connectivity index (χ1) is 15.9. The number of thioether (sulfide) groups is 1. The van der Waals surface area contributed by atoms with Crippen LogP contribution in [-0.4, -0.2) is 26.8 Å². The van der Waals surface area contributed by atoms with Crippen molar-refractivity contribution in [2.75, 3.05) is 10.7 Å². The summed E-state index contributed by atoms with van der Waals surface area (Å²) in [5.74, 6) is -1.57. The number of hydrogen-bond donors (Lipinski definition) is 0. The van der Waals surface area contributed by atoms with Crippen LogP contribution in [0.1, 0.15) is 51.0 Å². The highest BCUT2D eigenvalue weighted by atomic mass is 32.2. The number of aromatic nitrogens is 3. The molecule has 6 nitrogen and oxygen atoms in total. The van der Waals surface area contributed by atoms with Gasteiger partial charge in [0.25, 0.3) is 0 Å². The molecule has 0 aliphatic carbocycles. The summed E-state index contributed by atoms with van der Waals surface area (Å²) in [6, 6.07) is 9.36. The van der Waals surface area contributed by atoms with Crippen molar-refractivity contribution in [2.45, 2.75) is 51.4 Å². The van der Waals surface area contributed by atoms with Gasteiger partial charge < -0.3 is 4.74 Å². The Morgan fingerprint density at radius 2 is 2.00 bits per heavy atom. The lowest BCUT2D eigenvalue weighted by atomic mass is 10.0. The second kappa shape index (κ2) is 9.82. The first kappa shape index (κ1) is 23.1. The lowest BCUT2D eigenvalue weighted by Crippen LogP contribution is -2.36. The van der Waals surface area contributed by atoms with Gasteiger partial charge in [0.05, 0.1) is 11.3 Å². The molecule has 33 heavy (non-hydrogen) atoms. The van der Waals surface area contributed by atoms with E-state index in [1.54, 1.807) is 6.07 Å². The average Bonchev–Trinajstić information content (AvgIpc) is 2.94. The number of halogens is 2. The van der Waals surface area contributed by atoms with Crippen LogP contribution in [0.15, 0.2) is 41.6 Å². The topological polar surface area (TPSA) is 68.2 Å². The number of hydrogen-bond acceptors (Lipinski definition) is 6. The fourth-order valence-electron chi connectivity index (χ4n) is 3.65. The number of rotatable bonds is 6. The largest absolute Gasteiger partial charge is 0.447 e. The van der Waals surface area contributed by atoms with Crippen LogP contribution in [0.25, 0.3) is 11.3 Å². The average molecular weight is 471 g/mol. The van der Waals surface area contributed by atoms with Crippen LogP contribution in [0.4, 0.5) is 14.5 Å². The van der Waals surface area contributed by atoms with Gasteiger partial charge in [-0.1, -0.05) is 50.2 Å². The fourth-order valence-corrected chi connectivity index (χ4v) is 4.52. The van der Waals surface area contributed by atoms with Gasteiger partial charge in [0.15, 0.2) is 17.3 Å². The van der Waals surface area contributed by atoms with E-state index in [0.717, 1.165) is 36.6 Å². The SMILES string of the molecule is CCCCSc1nnc2c(n1)O[C@H](c1cccc(F)c1F)N(C(C)=O)c1ccc(CC)cc1-2. The zero-order valence-corrected chi connectivity index (χ0v) is 19.5. The van der Waals surface area contributed by atoms with Crippen molar-refractivity contribution in [3.8, 4) is 17.1 Å². The van der Waals surface area contributed by atoms with E-state index in [0.29, 0.717) is 22.1 Å². The summed E-state index contributed by atoms with van der Waals surface area (Å²) in [7, 11) is 0. The Hall–Kier alpha value is -3.07. The molecule has 1 aromatic heterocycles. The molecule has 9 heteroatoms. The Labute approximate surface area is 195 Å². The predicted octanol–water partition coefficient (Wildman–Crippen LogP) is 5.72. The maximum Gasteiger partial charge on any atom is 0.247 e. The van der Waals surface area contributed by atoms with E-state index in [9.17, 15) is 13.6 Å². The maximum atomic E-state index is 14.9. The van der Waals surface area contributed by atoms with Crippen molar-refractivity contribution in [1.29, 1.82) is 0 Å². The number of amides is 1. The number of unbranched alkanes of at least 4 members (excludes halogenated alkanes) is 1. The zero-order valence-electron chi connectivity index (χ0n) is 18.6. The summed E-state index contributed by atoms with van der Waals surface area (Å²) in [4.78, 5) is 18.6. The molecular formula is C24H24F2N4O2S. The van der Waals surface area contributed by atoms with Crippen LogP contribution in [0.2, 0.25) is 0 Å². The van der Waals surface area contributed by atoms with E-state index in [-0.39, 0.29) is 11.4 Å². The van der Waals surface area contributed by atoms with Crippen LogP contribution < -0.4 is 9.64 Å². The monoisotopic (exact) mass is 470 g/mol. The molecule has 1 atom stereocenters. The summed E-state index contributed by atoms with van der Waals surface area (Å²) in [6.07, 6.45) is 1.51. The number of aryl methyl sites for hydroxylation is 1. The van der Waals surface area contributed by atoms with E-state index >= 15 is 0 Å². The van der Waals surface area contributed by atoms with Gasteiger partial charge in [-0.3, -0.25) is 9.69 Å². The highest BCUT2D eigenvalue weighted by Gasteiger charge is 2.36. The summed E-state index contributed by atoms with van der Waals surface area (Å²) in [5.41, 5.74) is 2.33. The van der Waals surface area contributed by atoms with E-state index in [1.807, 2.05) is 19.1 Å². The van der Waals surface area contributed by atoms with Gasteiger partial charge in [0, 0.05) is 18.2 Å². The number of carbonyl (C=O) groups is 1. The molecule has 172 valence electrons. The molecule has 1 aliphatic heterocycles. The van der Waals surface area contributed by atoms with Gasteiger partial charge in [-0.15, -0.1) is 10.2 Å². The first-order valence-electron chi connectivity index (χ1n) is 10.9. The molecule has 2 heterocycles. The van der Waals surface area contributed by atoms with Crippen LogP contribution in [0.5, 0.6) is 5.88 Å². The molecule has 0 bridgehead atoms. The van der Waals surface area contributed by atoms with E-state index in [2.05, 4.69) is 22.1 Å². The molecule has 0 spiro atoms.